The fourth-order valence-corrected chi connectivity index (χ4v) is 4.36. The molecule has 1 aliphatic carbocycles. The molecule has 1 unspecified atom stereocenters. The average Bonchev–Trinajstić information content (AvgIpc) is 3.30. The summed E-state index contributed by atoms with van der Waals surface area (Å²) in [6.07, 6.45) is 8.56. The highest BCUT2D eigenvalue weighted by molar-refractivity contribution is 14.0. The average molecular weight is 466 g/mol. The van der Waals surface area contributed by atoms with Gasteiger partial charge in [0.1, 0.15) is 0 Å². The first kappa shape index (κ1) is 21.2. The molecule has 3 fully saturated rings. The molecule has 0 aromatic heterocycles. The van der Waals surface area contributed by atoms with Crippen LogP contribution in [0.25, 0.3) is 0 Å². The maximum atomic E-state index is 9.80. The molecule has 0 spiro atoms. The van der Waals surface area contributed by atoms with Gasteiger partial charge in [0.25, 0.3) is 0 Å². The van der Waals surface area contributed by atoms with Crippen molar-refractivity contribution in [3.8, 4) is 0 Å². The van der Waals surface area contributed by atoms with Crippen LogP contribution >= 0.6 is 24.0 Å². The van der Waals surface area contributed by atoms with Crippen molar-refractivity contribution in [1.82, 2.24) is 15.5 Å². The standard InChI is InChI=1S/C18H34N4O2.HI/c1-19-17(20-13-18(14-23)7-10-24-11-8-18)21-15-6-9-22(12-15)16-4-2-3-5-16;/h15-16,23H,2-14H2,1H3,(H2,19,20,21);1H. The summed E-state index contributed by atoms with van der Waals surface area (Å²) in [7, 11) is 1.83. The van der Waals surface area contributed by atoms with Crippen LogP contribution in [0.15, 0.2) is 4.99 Å². The summed E-state index contributed by atoms with van der Waals surface area (Å²) < 4.78 is 5.44. The SMILES string of the molecule is CN=C(NCC1(CO)CCOCC1)NC1CCN(C2CCCC2)C1.I. The number of ether oxygens (including phenoxy) is 1. The molecule has 1 saturated carbocycles. The summed E-state index contributed by atoms with van der Waals surface area (Å²) in [5, 5.41) is 16.8. The molecule has 2 heterocycles. The van der Waals surface area contributed by atoms with Crippen LogP contribution in [0, 0.1) is 5.41 Å². The maximum Gasteiger partial charge on any atom is 0.191 e. The van der Waals surface area contributed by atoms with Gasteiger partial charge in [-0.15, -0.1) is 24.0 Å². The molecular weight excluding hydrogens is 431 g/mol. The Morgan fingerprint density at radius 3 is 2.60 bits per heavy atom. The second kappa shape index (κ2) is 10.3. The number of rotatable bonds is 5. The summed E-state index contributed by atoms with van der Waals surface area (Å²) in [4.78, 5) is 7.05. The Hall–Kier alpha value is -0.120. The van der Waals surface area contributed by atoms with E-state index in [2.05, 4.69) is 20.5 Å². The second-order valence-electron chi connectivity index (χ2n) is 7.76. The number of nitrogens with zero attached hydrogens (tertiary/aromatic N) is 2. The number of nitrogens with one attached hydrogen (secondary N) is 2. The largest absolute Gasteiger partial charge is 0.396 e. The molecule has 3 aliphatic rings. The number of hydrogen-bond donors (Lipinski definition) is 3. The van der Waals surface area contributed by atoms with Gasteiger partial charge >= 0.3 is 0 Å². The van der Waals surface area contributed by atoms with E-state index >= 15 is 0 Å². The van der Waals surface area contributed by atoms with Crippen LogP contribution < -0.4 is 10.6 Å². The smallest absolute Gasteiger partial charge is 0.191 e. The predicted octanol–water partition coefficient (Wildman–Crippen LogP) is 1.58. The molecular formula is C18H35IN4O2. The minimum absolute atomic E-state index is 0. The van der Waals surface area contributed by atoms with E-state index in [1.165, 1.54) is 38.6 Å². The lowest BCUT2D eigenvalue weighted by molar-refractivity contribution is -0.0132. The lowest BCUT2D eigenvalue weighted by atomic mass is 9.81. The van der Waals surface area contributed by atoms with Crippen molar-refractivity contribution >= 4 is 29.9 Å². The number of halogens is 1. The van der Waals surface area contributed by atoms with Gasteiger partial charge in [0.2, 0.25) is 0 Å². The Balaban J connectivity index is 0.00000225. The molecule has 25 heavy (non-hydrogen) atoms. The summed E-state index contributed by atoms with van der Waals surface area (Å²) in [6, 6.07) is 1.29. The van der Waals surface area contributed by atoms with Gasteiger partial charge in [-0.3, -0.25) is 9.89 Å². The number of likely N-dealkylation sites (tertiary alicyclic amines) is 1. The first-order chi connectivity index (χ1) is 11.7. The van der Waals surface area contributed by atoms with Crippen molar-refractivity contribution in [2.45, 2.75) is 57.0 Å². The predicted molar refractivity (Wildman–Crippen MR) is 112 cm³/mol. The Bertz CT molecular complexity index is 423. The molecule has 2 saturated heterocycles. The van der Waals surface area contributed by atoms with Crippen LogP contribution in [0.1, 0.15) is 44.9 Å². The molecule has 2 aliphatic heterocycles. The zero-order valence-corrected chi connectivity index (χ0v) is 17.8. The van der Waals surface area contributed by atoms with Gasteiger partial charge < -0.3 is 20.5 Å². The molecule has 3 N–H and O–H groups in total. The number of aliphatic imine (C=N–C) groups is 1. The van der Waals surface area contributed by atoms with E-state index in [-0.39, 0.29) is 36.0 Å². The summed E-state index contributed by atoms with van der Waals surface area (Å²) in [5.74, 6) is 0.868. The van der Waals surface area contributed by atoms with E-state index in [0.717, 1.165) is 51.1 Å². The van der Waals surface area contributed by atoms with Gasteiger partial charge in [-0.05, 0) is 32.1 Å². The van der Waals surface area contributed by atoms with Crippen LogP contribution in [0.2, 0.25) is 0 Å². The molecule has 146 valence electrons. The van der Waals surface area contributed by atoms with E-state index < -0.39 is 0 Å². The van der Waals surface area contributed by atoms with Crippen molar-refractivity contribution < 1.29 is 9.84 Å². The highest BCUT2D eigenvalue weighted by Crippen LogP contribution is 2.29. The molecule has 0 bridgehead atoms. The molecule has 3 rings (SSSR count). The maximum absolute atomic E-state index is 9.80. The Kier molecular flexibility index (Phi) is 8.71. The quantitative estimate of drug-likeness (QED) is 0.326. The Morgan fingerprint density at radius 1 is 1.24 bits per heavy atom. The van der Waals surface area contributed by atoms with Crippen LogP contribution in [0.4, 0.5) is 0 Å². The highest BCUT2D eigenvalue weighted by atomic mass is 127. The Labute approximate surface area is 169 Å². The topological polar surface area (TPSA) is 69.1 Å². The van der Waals surface area contributed by atoms with Crippen molar-refractivity contribution in [2.75, 3.05) is 46.5 Å². The minimum Gasteiger partial charge on any atom is -0.396 e. The third kappa shape index (κ3) is 5.68. The lowest BCUT2D eigenvalue weighted by Gasteiger charge is -2.36. The normalized spacial score (nSPS) is 27.9. The van der Waals surface area contributed by atoms with Crippen molar-refractivity contribution in [3.63, 3.8) is 0 Å². The van der Waals surface area contributed by atoms with E-state index in [1.807, 2.05) is 7.05 Å². The van der Waals surface area contributed by atoms with Gasteiger partial charge in [-0.25, -0.2) is 0 Å². The minimum atomic E-state index is -0.0680. The van der Waals surface area contributed by atoms with Gasteiger partial charge in [-0.1, -0.05) is 12.8 Å². The fraction of sp³-hybridized carbons (Fsp3) is 0.944. The fourth-order valence-electron chi connectivity index (χ4n) is 4.36. The van der Waals surface area contributed by atoms with E-state index in [1.54, 1.807) is 0 Å². The number of hydrogen-bond acceptors (Lipinski definition) is 4. The van der Waals surface area contributed by atoms with Crippen LogP contribution in [-0.4, -0.2) is 74.6 Å². The Morgan fingerprint density at radius 2 is 1.96 bits per heavy atom. The lowest BCUT2D eigenvalue weighted by Crippen LogP contribution is -2.50. The zero-order valence-electron chi connectivity index (χ0n) is 15.5. The zero-order chi connectivity index (χ0) is 16.8. The molecule has 0 radical (unpaired) electrons. The van der Waals surface area contributed by atoms with Crippen LogP contribution in [0.3, 0.4) is 0 Å². The number of aliphatic hydroxyl groups excluding tert-OH is 1. The summed E-state index contributed by atoms with van der Waals surface area (Å²) >= 11 is 0. The van der Waals surface area contributed by atoms with E-state index in [9.17, 15) is 5.11 Å². The van der Waals surface area contributed by atoms with Crippen molar-refractivity contribution in [1.29, 1.82) is 0 Å². The van der Waals surface area contributed by atoms with Gasteiger partial charge in [0, 0.05) is 57.4 Å². The highest BCUT2D eigenvalue weighted by Gasteiger charge is 2.33. The van der Waals surface area contributed by atoms with E-state index in [4.69, 9.17) is 4.74 Å². The molecule has 0 amide bonds. The molecule has 1 atom stereocenters. The summed E-state index contributed by atoms with van der Waals surface area (Å²) in [5.41, 5.74) is -0.0680. The second-order valence-corrected chi connectivity index (χ2v) is 7.76. The first-order valence-electron chi connectivity index (χ1n) is 9.64. The molecule has 0 aromatic rings. The molecule has 0 aromatic carbocycles. The van der Waals surface area contributed by atoms with E-state index in [0.29, 0.717) is 6.04 Å². The number of guanidine groups is 1. The van der Waals surface area contributed by atoms with Crippen LogP contribution in [-0.2, 0) is 4.74 Å². The first-order valence-corrected chi connectivity index (χ1v) is 9.64. The van der Waals surface area contributed by atoms with Crippen molar-refractivity contribution in [2.24, 2.45) is 10.4 Å². The van der Waals surface area contributed by atoms with Gasteiger partial charge in [0.05, 0.1) is 6.61 Å². The van der Waals surface area contributed by atoms with Crippen molar-refractivity contribution in [3.05, 3.63) is 0 Å². The monoisotopic (exact) mass is 466 g/mol. The molecule has 7 heteroatoms. The van der Waals surface area contributed by atoms with Gasteiger partial charge in [-0.2, -0.15) is 0 Å². The third-order valence-electron chi connectivity index (χ3n) is 6.14. The number of aliphatic hydroxyl groups is 1. The van der Waals surface area contributed by atoms with Gasteiger partial charge in [0.15, 0.2) is 5.96 Å². The molecule has 6 nitrogen and oxygen atoms in total. The summed E-state index contributed by atoms with van der Waals surface area (Å²) in [6.45, 7) is 4.78. The third-order valence-corrected chi connectivity index (χ3v) is 6.14. The van der Waals surface area contributed by atoms with Crippen LogP contribution in [0.5, 0.6) is 0 Å².